The number of hydrogen-bond acceptors (Lipinski definition) is 5. The molecule has 1 heterocycles. The predicted molar refractivity (Wildman–Crippen MR) is 147 cm³/mol. The summed E-state index contributed by atoms with van der Waals surface area (Å²) in [6.07, 6.45) is 0. The number of nitriles is 4. The fraction of sp³-hybridized carbons (Fsp3) is 0.152. The highest BCUT2D eigenvalue weighted by molar-refractivity contribution is 8.02. The first-order chi connectivity index (χ1) is 18.5. The van der Waals surface area contributed by atoms with Crippen molar-refractivity contribution >= 4 is 11.8 Å². The molecule has 180 valence electrons. The Bertz CT molecular complexity index is 1570. The first-order valence-electron chi connectivity index (χ1n) is 12.1. The van der Waals surface area contributed by atoms with Crippen LogP contribution in [0.1, 0.15) is 27.8 Å². The average molecular weight is 507 g/mol. The van der Waals surface area contributed by atoms with Gasteiger partial charge in [0.25, 0.3) is 0 Å². The number of hydrogen-bond donors (Lipinski definition) is 0. The average Bonchev–Trinajstić information content (AvgIpc) is 3.24. The molecule has 1 aliphatic rings. The van der Waals surface area contributed by atoms with Crippen molar-refractivity contribution in [3.63, 3.8) is 0 Å². The van der Waals surface area contributed by atoms with Crippen LogP contribution in [0, 0.1) is 63.1 Å². The van der Waals surface area contributed by atoms with E-state index in [4.69, 9.17) is 0 Å². The topological polar surface area (TPSA) is 95.2 Å². The van der Waals surface area contributed by atoms with E-state index in [2.05, 4.69) is 24.3 Å². The van der Waals surface area contributed by atoms with Gasteiger partial charge in [-0.3, -0.25) is 0 Å². The maximum absolute atomic E-state index is 11.1. The Morgan fingerprint density at radius 1 is 0.447 bits per heavy atom. The summed E-state index contributed by atoms with van der Waals surface area (Å²) in [6.45, 7) is 1.97. The minimum Gasteiger partial charge on any atom is -0.196 e. The Balaban J connectivity index is 2.07. The van der Waals surface area contributed by atoms with Crippen LogP contribution in [0.3, 0.4) is 0 Å². The summed E-state index contributed by atoms with van der Waals surface area (Å²) in [5, 5.41) is 44.2. The second-order valence-electron chi connectivity index (χ2n) is 9.38. The fourth-order valence-electron chi connectivity index (χ4n) is 5.85. The fourth-order valence-corrected chi connectivity index (χ4v) is 8.12. The molecule has 0 N–H and O–H groups in total. The summed E-state index contributed by atoms with van der Waals surface area (Å²) in [4.78, 5) is 0. The van der Waals surface area contributed by atoms with Crippen molar-refractivity contribution in [1.82, 2.24) is 0 Å². The van der Waals surface area contributed by atoms with Gasteiger partial charge in [0.2, 0.25) is 0 Å². The summed E-state index contributed by atoms with van der Waals surface area (Å²) in [7, 11) is 0. The molecule has 4 aromatic rings. The molecule has 0 bridgehead atoms. The van der Waals surface area contributed by atoms with Crippen molar-refractivity contribution in [3.8, 4) is 24.3 Å². The van der Waals surface area contributed by atoms with Crippen molar-refractivity contribution in [2.75, 3.05) is 0 Å². The lowest BCUT2D eigenvalue weighted by Crippen LogP contribution is -2.52. The van der Waals surface area contributed by atoms with E-state index in [1.807, 2.05) is 122 Å². The molecular weight excluding hydrogens is 484 g/mol. The van der Waals surface area contributed by atoms with E-state index in [1.165, 1.54) is 11.8 Å². The minimum atomic E-state index is -2.10. The monoisotopic (exact) mass is 506 g/mol. The van der Waals surface area contributed by atoms with Crippen molar-refractivity contribution in [3.05, 3.63) is 143 Å². The van der Waals surface area contributed by atoms with Gasteiger partial charge in [-0.1, -0.05) is 121 Å². The molecule has 0 amide bonds. The molecular formula is C33H22N4S. The third-order valence-corrected chi connectivity index (χ3v) is 9.76. The smallest absolute Gasteiger partial charge is 0.196 e. The Morgan fingerprint density at radius 2 is 0.737 bits per heavy atom. The van der Waals surface area contributed by atoms with Crippen LogP contribution in [0.25, 0.3) is 0 Å². The van der Waals surface area contributed by atoms with Crippen LogP contribution in [-0.4, -0.2) is 0 Å². The van der Waals surface area contributed by atoms with E-state index in [-0.39, 0.29) is 0 Å². The van der Waals surface area contributed by atoms with Gasteiger partial charge in [-0.05, 0) is 29.2 Å². The summed E-state index contributed by atoms with van der Waals surface area (Å²) < 4.78 is -2.77. The zero-order valence-corrected chi connectivity index (χ0v) is 21.5. The summed E-state index contributed by atoms with van der Waals surface area (Å²) in [5.74, 6) is 0. The van der Waals surface area contributed by atoms with Crippen molar-refractivity contribution < 1.29 is 0 Å². The lowest BCUT2D eigenvalue weighted by atomic mass is 9.50. The molecule has 0 spiro atoms. The van der Waals surface area contributed by atoms with Crippen LogP contribution in [0.15, 0.2) is 115 Å². The van der Waals surface area contributed by atoms with Crippen LogP contribution < -0.4 is 0 Å². The predicted octanol–water partition coefficient (Wildman–Crippen LogP) is 7.00. The van der Waals surface area contributed by atoms with Gasteiger partial charge in [-0.25, -0.2) is 0 Å². The third-order valence-electron chi connectivity index (χ3n) is 7.59. The van der Waals surface area contributed by atoms with Crippen LogP contribution >= 0.6 is 11.8 Å². The molecule has 0 radical (unpaired) electrons. The Morgan fingerprint density at radius 3 is 1.03 bits per heavy atom. The standard InChI is InChI=1S/C33H22N4S/c1-25-17-19-29(20-18-25)33(28-15-9-4-10-16-28)31(23-36,24-37)30(21-34,22-35)32(38-33,26-11-5-2-6-12-26)27-13-7-3-8-14-27/h2-20H,1H3. The Labute approximate surface area is 227 Å². The van der Waals surface area contributed by atoms with Gasteiger partial charge in [0.15, 0.2) is 10.8 Å². The van der Waals surface area contributed by atoms with Crippen LogP contribution in [0.4, 0.5) is 0 Å². The first kappa shape index (κ1) is 24.9. The molecule has 1 aliphatic heterocycles. The highest BCUT2D eigenvalue weighted by Crippen LogP contribution is 2.79. The number of thioether (sulfide) groups is 1. The molecule has 0 aromatic heterocycles. The van der Waals surface area contributed by atoms with E-state index in [9.17, 15) is 21.0 Å². The van der Waals surface area contributed by atoms with Crippen molar-refractivity contribution in [1.29, 1.82) is 21.0 Å². The maximum atomic E-state index is 11.1. The van der Waals surface area contributed by atoms with Crippen LogP contribution in [-0.2, 0) is 9.49 Å². The molecule has 1 saturated heterocycles. The van der Waals surface area contributed by atoms with E-state index < -0.39 is 20.3 Å². The van der Waals surface area contributed by atoms with E-state index in [0.29, 0.717) is 22.3 Å². The van der Waals surface area contributed by atoms with Crippen molar-refractivity contribution in [2.24, 2.45) is 10.8 Å². The quantitative estimate of drug-likeness (QED) is 0.297. The van der Waals surface area contributed by atoms with Gasteiger partial charge >= 0.3 is 0 Å². The number of aryl methyl sites for hydroxylation is 1. The highest BCUT2D eigenvalue weighted by atomic mass is 32.2. The van der Waals surface area contributed by atoms with E-state index in [1.54, 1.807) is 0 Å². The Hall–Kier alpha value is -4.81. The van der Waals surface area contributed by atoms with Gasteiger partial charge in [-0.2, -0.15) is 21.0 Å². The maximum Gasteiger partial charge on any atom is 0.200 e. The zero-order chi connectivity index (χ0) is 26.9. The largest absolute Gasteiger partial charge is 0.200 e. The Kier molecular flexibility index (Phi) is 6.05. The van der Waals surface area contributed by atoms with Gasteiger partial charge in [0.05, 0.1) is 24.3 Å². The summed E-state index contributed by atoms with van der Waals surface area (Å²) in [5.41, 5.74) is -0.456. The van der Waals surface area contributed by atoms with Gasteiger partial charge in [0.1, 0.15) is 9.49 Å². The lowest BCUT2D eigenvalue weighted by molar-refractivity contribution is 0.237. The molecule has 38 heavy (non-hydrogen) atoms. The van der Waals surface area contributed by atoms with Crippen molar-refractivity contribution in [2.45, 2.75) is 16.4 Å². The van der Waals surface area contributed by atoms with Crippen LogP contribution in [0.5, 0.6) is 0 Å². The number of nitrogens with zero attached hydrogens (tertiary/aromatic N) is 4. The molecule has 5 rings (SSSR count). The summed E-state index contributed by atoms with van der Waals surface area (Å²) in [6, 6.07) is 44.8. The second-order valence-corrected chi connectivity index (χ2v) is 10.8. The molecule has 5 heteroatoms. The van der Waals surface area contributed by atoms with Gasteiger partial charge < -0.3 is 0 Å². The SMILES string of the molecule is Cc1ccc(C2(c3ccccc3)SC(c3ccccc3)(c3ccccc3)C(C#N)(C#N)C2(C#N)C#N)cc1. The molecule has 4 aromatic carbocycles. The minimum absolute atomic E-state index is 0.680. The normalized spacial score (nSPS) is 20.2. The highest BCUT2D eigenvalue weighted by Gasteiger charge is 2.83. The van der Waals surface area contributed by atoms with Gasteiger partial charge in [0, 0.05) is 0 Å². The third kappa shape index (κ3) is 2.95. The van der Waals surface area contributed by atoms with Crippen LogP contribution in [0.2, 0.25) is 0 Å². The summed E-state index contributed by atoms with van der Waals surface area (Å²) >= 11 is 1.35. The lowest BCUT2D eigenvalue weighted by Gasteiger charge is -2.40. The molecule has 1 fully saturated rings. The molecule has 0 saturated carbocycles. The molecule has 1 atom stereocenters. The molecule has 0 aliphatic carbocycles. The zero-order valence-electron chi connectivity index (χ0n) is 20.7. The number of rotatable bonds is 4. The molecule has 4 nitrogen and oxygen atoms in total. The van der Waals surface area contributed by atoms with Gasteiger partial charge in [-0.15, -0.1) is 11.8 Å². The van der Waals surface area contributed by atoms with E-state index in [0.717, 1.165) is 5.56 Å². The van der Waals surface area contributed by atoms with E-state index >= 15 is 0 Å². The first-order valence-corrected chi connectivity index (χ1v) is 12.9. The molecule has 1 unspecified atom stereocenters. The second kappa shape index (κ2) is 9.25. The number of benzene rings is 4.